The van der Waals surface area contributed by atoms with Crippen LogP contribution in [0, 0.1) is 0 Å². The lowest BCUT2D eigenvalue weighted by molar-refractivity contribution is 1.50. The SMILES string of the molecule is C/C=C/c1ccc(P)cc1.CC. The second kappa shape index (κ2) is 7.06. The molecule has 0 bridgehead atoms. The van der Waals surface area contributed by atoms with Gasteiger partial charge < -0.3 is 0 Å². The number of hydrogen-bond donors (Lipinski definition) is 0. The Hall–Kier alpha value is -0.610. The van der Waals surface area contributed by atoms with Crippen LogP contribution in [0.15, 0.2) is 30.3 Å². The molecule has 0 aliphatic rings. The molecule has 1 unspecified atom stereocenters. The molecule has 0 saturated heterocycles. The Balaban J connectivity index is 0.000000561. The van der Waals surface area contributed by atoms with Crippen LogP contribution in [0.1, 0.15) is 26.3 Å². The molecule has 0 aromatic heterocycles. The maximum atomic E-state index is 2.66. The normalized spacial score (nSPS) is 9.33. The van der Waals surface area contributed by atoms with Gasteiger partial charge in [0.05, 0.1) is 0 Å². The van der Waals surface area contributed by atoms with E-state index in [1.807, 2.05) is 26.8 Å². The van der Waals surface area contributed by atoms with E-state index >= 15 is 0 Å². The molecule has 1 aromatic rings. The lowest BCUT2D eigenvalue weighted by Crippen LogP contribution is -1.86. The third-order valence-corrected chi connectivity index (χ3v) is 1.68. The van der Waals surface area contributed by atoms with Crippen molar-refractivity contribution in [2.45, 2.75) is 20.8 Å². The van der Waals surface area contributed by atoms with Crippen LogP contribution < -0.4 is 5.30 Å². The van der Waals surface area contributed by atoms with E-state index in [1.165, 1.54) is 10.9 Å². The van der Waals surface area contributed by atoms with Crippen LogP contribution in [0.2, 0.25) is 0 Å². The number of hydrogen-bond acceptors (Lipinski definition) is 0. The largest absolute Gasteiger partial charge is 0.106 e. The molecule has 0 N–H and O–H groups in total. The second-order valence-electron chi connectivity index (χ2n) is 2.17. The topological polar surface area (TPSA) is 0 Å². The molecule has 1 atom stereocenters. The summed E-state index contributed by atoms with van der Waals surface area (Å²) in [7, 11) is 2.66. The number of benzene rings is 1. The molecule has 0 aliphatic carbocycles. The zero-order valence-corrected chi connectivity index (χ0v) is 9.20. The molecule has 0 nitrogen and oxygen atoms in total. The fourth-order valence-corrected chi connectivity index (χ4v) is 0.992. The summed E-state index contributed by atoms with van der Waals surface area (Å²) < 4.78 is 0. The van der Waals surface area contributed by atoms with Crippen molar-refractivity contribution in [3.63, 3.8) is 0 Å². The van der Waals surface area contributed by atoms with E-state index in [4.69, 9.17) is 0 Å². The molecule has 12 heavy (non-hydrogen) atoms. The van der Waals surface area contributed by atoms with Crippen LogP contribution in [0.25, 0.3) is 6.08 Å². The zero-order chi connectivity index (χ0) is 9.40. The summed E-state index contributed by atoms with van der Waals surface area (Å²) in [5.41, 5.74) is 1.26. The van der Waals surface area contributed by atoms with Crippen LogP contribution in [-0.2, 0) is 0 Å². The molecule has 0 heterocycles. The molecular formula is C11H17P. The summed E-state index contributed by atoms with van der Waals surface area (Å²) in [6, 6.07) is 8.37. The number of allylic oxidation sites excluding steroid dienone is 1. The van der Waals surface area contributed by atoms with E-state index in [9.17, 15) is 0 Å². The highest BCUT2D eigenvalue weighted by Crippen LogP contribution is 2.00. The first-order valence-electron chi connectivity index (χ1n) is 4.31. The van der Waals surface area contributed by atoms with Gasteiger partial charge in [0, 0.05) is 0 Å². The predicted octanol–water partition coefficient (Wildman–Crippen LogP) is 3.25. The minimum atomic E-state index is 1.23. The monoisotopic (exact) mass is 180 g/mol. The van der Waals surface area contributed by atoms with Crippen molar-refractivity contribution in [3.8, 4) is 0 Å². The Labute approximate surface area is 77.9 Å². The van der Waals surface area contributed by atoms with Crippen molar-refractivity contribution in [1.82, 2.24) is 0 Å². The van der Waals surface area contributed by atoms with Crippen molar-refractivity contribution < 1.29 is 0 Å². The van der Waals surface area contributed by atoms with Crippen LogP contribution >= 0.6 is 9.24 Å². The highest BCUT2D eigenvalue weighted by atomic mass is 31.0. The minimum absolute atomic E-state index is 1.23. The summed E-state index contributed by atoms with van der Waals surface area (Å²) in [6.07, 6.45) is 4.13. The Morgan fingerprint density at radius 1 is 1.08 bits per heavy atom. The van der Waals surface area contributed by atoms with Gasteiger partial charge in [-0.05, 0) is 17.8 Å². The van der Waals surface area contributed by atoms with Crippen LogP contribution in [-0.4, -0.2) is 0 Å². The van der Waals surface area contributed by atoms with Gasteiger partial charge in [-0.3, -0.25) is 0 Å². The minimum Gasteiger partial charge on any atom is -0.106 e. The van der Waals surface area contributed by atoms with E-state index < -0.39 is 0 Å². The van der Waals surface area contributed by atoms with Gasteiger partial charge in [0.15, 0.2) is 0 Å². The molecule has 0 radical (unpaired) electrons. The third kappa shape index (κ3) is 4.31. The molecule has 1 rings (SSSR count). The Bertz CT molecular complexity index is 221. The summed E-state index contributed by atoms with van der Waals surface area (Å²) in [5, 5.41) is 1.23. The summed E-state index contributed by atoms with van der Waals surface area (Å²) in [4.78, 5) is 0. The van der Waals surface area contributed by atoms with Crippen molar-refractivity contribution in [2.75, 3.05) is 0 Å². The molecule has 66 valence electrons. The summed E-state index contributed by atoms with van der Waals surface area (Å²) in [5.74, 6) is 0. The highest BCUT2D eigenvalue weighted by molar-refractivity contribution is 7.27. The van der Waals surface area contributed by atoms with Gasteiger partial charge in [-0.15, -0.1) is 9.24 Å². The molecular weight excluding hydrogens is 163 g/mol. The van der Waals surface area contributed by atoms with Crippen LogP contribution in [0.4, 0.5) is 0 Å². The van der Waals surface area contributed by atoms with Crippen molar-refractivity contribution in [1.29, 1.82) is 0 Å². The fraction of sp³-hybridized carbons (Fsp3) is 0.273. The van der Waals surface area contributed by atoms with E-state index in [0.29, 0.717) is 0 Å². The lowest BCUT2D eigenvalue weighted by atomic mass is 10.2. The number of rotatable bonds is 1. The molecule has 0 spiro atoms. The summed E-state index contributed by atoms with van der Waals surface area (Å²) >= 11 is 0. The van der Waals surface area contributed by atoms with Gasteiger partial charge in [-0.25, -0.2) is 0 Å². The Morgan fingerprint density at radius 2 is 1.58 bits per heavy atom. The standard InChI is InChI=1S/C9H11P.C2H6/c1-2-3-8-4-6-9(10)7-5-8;1-2/h2-7H,10H2,1H3;1-2H3/b3-2+;. The first-order valence-corrected chi connectivity index (χ1v) is 4.89. The first kappa shape index (κ1) is 11.4. The van der Waals surface area contributed by atoms with Crippen molar-refractivity contribution >= 4 is 20.6 Å². The maximum absolute atomic E-state index is 2.66. The van der Waals surface area contributed by atoms with Crippen molar-refractivity contribution in [3.05, 3.63) is 35.9 Å². The van der Waals surface area contributed by atoms with E-state index in [0.717, 1.165) is 0 Å². The van der Waals surface area contributed by atoms with Gasteiger partial charge in [0.1, 0.15) is 0 Å². The molecule has 0 amide bonds. The first-order chi connectivity index (χ1) is 5.83. The van der Waals surface area contributed by atoms with Gasteiger partial charge in [0.25, 0.3) is 0 Å². The molecule has 0 aliphatic heterocycles. The zero-order valence-electron chi connectivity index (χ0n) is 8.04. The average Bonchev–Trinajstić information content (AvgIpc) is 2.13. The predicted molar refractivity (Wildman–Crippen MR) is 61.8 cm³/mol. The summed E-state index contributed by atoms with van der Waals surface area (Å²) in [6.45, 7) is 6.02. The molecule has 0 fully saturated rings. The van der Waals surface area contributed by atoms with Crippen LogP contribution in [0.5, 0.6) is 0 Å². The second-order valence-corrected chi connectivity index (χ2v) is 2.83. The third-order valence-electron chi connectivity index (χ3n) is 1.30. The smallest absolute Gasteiger partial charge is 0.0259 e. The quantitative estimate of drug-likeness (QED) is 0.582. The van der Waals surface area contributed by atoms with Gasteiger partial charge >= 0.3 is 0 Å². The Morgan fingerprint density at radius 3 is 2.00 bits per heavy atom. The highest BCUT2D eigenvalue weighted by Gasteiger charge is 1.83. The van der Waals surface area contributed by atoms with E-state index in [2.05, 4.69) is 39.6 Å². The lowest BCUT2D eigenvalue weighted by Gasteiger charge is -1.92. The Kier molecular flexibility index (Phi) is 6.70. The molecule has 1 aromatic carbocycles. The van der Waals surface area contributed by atoms with Gasteiger partial charge in [0.2, 0.25) is 0 Å². The van der Waals surface area contributed by atoms with Crippen LogP contribution in [0.3, 0.4) is 0 Å². The fourth-order valence-electron chi connectivity index (χ4n) is 0.800. The van der Waals surface area contributed by atoms with Crippen molar-refractivity contribution in [2.24, 2.45) is 0 Å². The maximum Gasteiger partial charge on any atom is -0.0259 e. The average molecular weight is 180 g/mol. The van der Waals surface area contributed by atoms with Gasteiger partial charge in [-0.2, -0.15) is 0 Å². The molecule has 1 heteroatoms. The van der Waals surface area contributed by atoms with E-state index in [1.54, 1.807) is 0 Å². The van der Waals surface area contributed by atoms with E-state index in [-0.39, 0.29) is 0 Å². The van der Waals surface area contributed by atoms with Gasteiger partial charge in [-0.1, -0.05) is 50.3 Å². The molecule has 0 saturated carbocycles.